The largest absolute Gasteiger partial charge is 0.300 e. The van der Waals surface area contributed by atoms with Crippen LogP contribution < -0.4 is 0 Å². The van der Waals surface area contributed by atoms with E-state index in [0.29, 0.717) is 22.5 Å². The van der Waals surface area contributed by atoms with Gasteiger partial charge in [-0.1, -0.05) is 66.0 Å². The lowest BCUT2D eigenvalue weighted by Crippen LogP contribution is -2.49. The predicted octanol–water partition coefficient (Wildman–Crippen LogP) is 7.84. The molecule has 0 spiro atoms. The number of hydrogen-bond acceptors (Lipinski definition) is 1. The highest BCUT2D eigenvalue weighted by atomic mass is 16.1. The second kappa shape index (κ2) is 7.83. The summed E-state index contributed by atoms with van der Waals surface area (Å²) in [4.78, 5) is 12.1. The fraction of sp³-hybridized carbons (Fsp3) is 0.893. The summed E-state index contributed by atoms with van der Waals surface area (Å²) in [6.07, 6.45) is 15.1. The second-order valence-electron chi connectivity index (χ2n) is 12.5. The molecule has 0 radical (unpaired) electrons. The van der Waals surface area contributed by atoms with Gasteiger partial charge in [-0.2, -0.15) is 0 Å². The molecule has 0 saturated heterocycles. The molecule has 0 aromatic rings. The fourth-order valence-electron chi connectivity index (χ4n) is 8.34. The van der Waals surface area contributed by atoms with Gasteiger partial charge in [-0.25, -0.2) is 0 Å². The number of Topliss-reactive ketones (excluding diaryl/α,β-unsaturated/α-hetero) is 1. The van der Waals surface area contributed by atoms with Gasteiger partial charge in [0.15, 0.2) is 0 Å². The predicted molar refractivity (Wildman–Crippen MR) is 123 cm³/mol. The van der Waals surface area contributed by atoms with Crippen molar-refractivity contribution < 1.29 is 4.79 Å². The fourth-order valence-corrected chi connectivity index (χ4v) is 8.34. The molecule has 0 aromatic carbocycles. The lowest BCUT2D eigenvalue weighted by Gasteiger charge is -2.57. The van der Waals surface area contributed by atoms with E-state index in [0.717, 1.165) is 54.8 Å². The minimum absolute atomic E-state index is 0.399. The summed E-state index contributed by atoms with van der Waals surface area (Å²) in [6, 6.07) is 0. The first-order valence-electron chi connectivity index (χ1n) is 12.9. The summed E-state index contributed by atoms with van der Waals surface area (Å²) < 4.78 is 0. The molecule has 1 nitrogen and oxygen atoms in total. The first kappa shape index (κ1) is 21.6. The molecule has 3 saturated carbocycles. The first-order valence-corrected chi connectivity index (χ1v) is 12.9. The van der Waals surface area contributed by atoms with Gasteiger partial charge in [-0.15, -0.1) is 0 Å². The summed E-state index contributed by atoms with van der Waals surface area (Å²) in [5.41, 5.74) is 2.77. The van der Waals surface area contributed by atoms with Crippen molar-refractivity contribution in [1.82, 2.24) is 0 Å². The van der Waals surface area contributed by atoms with Crippen molar-refractivity contribution in [3.63, 3.8) is 0 Å². The van der Waals surface area contributed by atoms with Crippen LogP contribution in [0.3, 0.4) is 0 Å². The zero-order valence-corrected chi connectivity index (χ0v) is 20.1. The van der Waals surface area contributed by atoms with Gasteiger partial charge in [0.25, 0.3) is 0 Å². The van der Waals surface area contributed by atoms with E-state index in [1.807, 2.05) is 5.57 Å². The molecule has 0 amide bonds. The number of carbonyl (C=O) groups excluding carboxylic acids is 1. The monoisotopic (exact) mass is 398 g/mol. The Bertz CT molecular complexity index is 659. The van der Waals surface area contributed by atoms with Gasteiger partial charge >= 0.3 is 0 Å². The van der Waals surface area contributed by atoms with Crippen molar-refractivity contribution in [1.29, 1.82) is 0 Å². The summed E-state index contributed by atoms with van der Waals surface area (Å²) in [5, 5.41) is 0. The molecule has 1 heteroatoms. The third-order valence-electron chi connectivity index (χ3n) is 10.9. The lowest BCUT2D eigenvalue weighted by atomic mass is 9.47. The van der Waals surface area contributed by atoms with Gasteiger partial charge in [0.1, 0.15) is 5.78 Å². The van der Waals surface area contributed by atoms with E-state index >= 15 is 0 Å². The maximum atomic E-state index is 12.1. The highest BCUT2D eigenvalue weighted by molar-refractivity contribution is 5.79. The Kier molecular flexibility index (Phi) is 5.84. The minimum Gasteiger partial charge on any atom is -0.300 e. The molecule has 4 rings (SSSR count). The van der Waals surface area contributed by atoms with E-state index < -0.39 is 0 Å². The van der Waals surface area contributed by atoms with Crippen LogP contribution in [0, 0.1) is 52.3 Å². The Labute approximate surface area is 180 Å². The molecule has 0 N–H and O–H groups in total. The molecule has 0 aliphatic heterocycles. The molecule has 3 fully saturated rings. The topological polar surface area (TPSA) is 17.1 Å². The van der Waals surface area contributed by atoms with E-state index in [1.54, 1.807) is 0 Å². The first-order chi connectivity index (χ1) is 13.7. The van der Waals surface area contributed by atoms with E-state index in [2.05, 4.69) is 47.6 Å². The van der Waals surface area contributed by atoms with Crippen molar-refractivity contribution >= 4 is 5.78 Å². The van der Waals surface area contributed by atoms with Crippen molar-refractivity contribution in [2.45, 2.75) is 106 Å². The summed E-state index contributed by atoms with van der Waals surface area (Å²) >= 11 is 0. The molecule has 29 heavy (non-hydrogen) atoms. The SMILES string of the molecule is CC(C)[C@H](C)CC[C@@H](C)C1CCC2C3=CCC4CC(=O)CC[C@]4(C)C3CC[C@@]21C. The van der Waals surface area contributed by atoms with Gasteiger partial charge in [0.05, 0.1) is 0 Å². The smallest absolute Gasteiger partial charge is 0.133 e. The lowest BCUT2D eigenvalue weighted by molar-refractivity contribution is -0.127. The van der Waals surface area contributed by atoms with Gasteiger partial charge in [-0.05, 0) is 90.8 Å². The summed E-state index contributed by atoms with van der Waals surface area (Å²) in [6.45, 7) is 15.0. The quantitative estimate of drug-likeness (QED) is 0.431. The number of ketones is 1. The molecule has 4 aliphatic carbocycles. The Morgan fingerprint density at radius 1 is 0.966 bits per heavy atom. The third-order valence-corrected chi connectivity index (χ3v) is 10.9. The molecule has 164 valence electrons. The molecular weight excluding hydrogens is 352 g/mol. The number of carbonyl (C=O) groups is 1. The standard InChI is InChI=1S/C28H46O/c1-18(2)19(3)7-8-20(4)24-11-12-25-23-10-9-21-17-22(29)13-15-27(21,5)26(23)14-16-28(24,25)6/h10,18-21,24-26H,7-9,11-17H2,1-6H3/t19-,20-,21?,24?,25?,26?,27+,28-/m1/s1. The highest BCUT2D eigenvalue weighted by Gasteiger charge is 2.58. The zero-order valence-electron chi connectivity index (χ0n) is 20.1. The number of rotatable bonds is 5. The van der Waals surface area contributed by atoms with Crippen LogP contribution in [0.2, 0.25) is 0 Å². The third kappa shape index (κ3) is 3.57. The van der Waals surface area contributed by atoms with Crippen LogP contribution in [-0.4, -0.2) is 5.78 Å². The van der Waals surface area contributed by atoms with E-state index in [9.17, 15) is 4.79 Å². The molecule has 0 bridgehead atoms. The molecule has 0 aromatic heterocycles. The van der Waals surface area contributed by atoms with Gasteiger partial charge < -0.3 is 0 Å². The van der Waals surface area contributed by atoms with Gasteiger partial charge in [0.2, 0.25) is 0 Å². The van der Waals surface area contributed by atoms with Crippen LogP contribution in [0.25, 0.3) is 0 Å². The average Bonchev–Trinajstić information content (AvgIpc) is 3.03. The van der Waals surface area contributed by atoms with Crippen LogP contribution >= 0.6 is 0 Å². The normalized spacial score (nSPS) is 44.0. The van der Waals surface area contributed by atoms with Crippen molar-refractivity contribution in [2.24, 2.45) is 52.3 Å². The maximum absolute atomic E-state index is 12.1. The molecular formula is C28H46O. The zero-order chi connectivity index (χ0) is 21.0. The maximum Gasteiger partial charge on any atom is 0.133 e. The second-order valence-corrected chi connectivity index (χ2v) is 12.5. The summed E-state index contributed by atoms with van der Waals surface area (Å²) in [5.74, 6) is 6.17. The Hall–Kier alpha value is -0.590. The number of allylic oxidation sites excluding steroid dienone is 2. The van der Waals surface area contributed by atoms with Crippen molar-refractivity contribution in [2.75, 3.05) is 0 Å². The molecule has 4 aliphatic rings. The molecule has 0 heterocycles. The number of fused-ring (bicyclic) bond motifs is 5. The van der Waals surface area contributed by atoms with Gasteiger partial charge in [0, 0.05) is 12.8 Å². The van der Waals surface area contributed by atoms with E-state index in [-0.39, 0.29) is 0 Å². The Morgan fingerprint density at radius 3 is 2.41 bits per heavy atom. The van der Waals surface area contributed by atoms with Crippen LogP contribution in [0.15, 0.2) is 11.6 Å². The summed E-state index contributed by atoms with van der Waals surface area (Å²) in [7, 11) is 0. The van der Waals surface area contributed by atoms with Crippen LogP contribution in [0.4, 0.5) is 0 Å². The molecule has 8 atom stereocenters. The van der Waals surface area contributed by atoms with E-state index in [1.165, 1.54) is 44.9 Å². The average molecular weight is 399 g/mol. The van der Waals surface area contributed by atoms with Gasteiger partial charge in [-0.3, -0.25) is 4.79 Å². The van der Waals surface area contributed by atoms with Crippen LogP contribution in [0.1, 0.15) is 106 Å². The number of hydrogen-bond donors (Lipinski definition) is 0. The van der Waals surface area contributed by atoms with Crippen molar-refractivity contribution in [3.05, 3.63) is 11.6 Å². The van der Waals surface area contributed by atoms with E-state index in [4.69, 9.17) is 0 Å². The van der Waals surface area contributed by atoms with Crippen molar-refractivity contribution in [3.8, 4) is 0 Å². The minimum atomic E-state index is 0.399. The Morgan fingerprint density at radius 2 is 1.69 bits per heavy atom. The van der Waals surface area contributed by atoms with Crippen LogP contribution in [0.5, 0.6) is 0 Å². The molecule has 4 unspecified atom stereocenters. The van der Waals surface area contributed by atoms with Crippen LogP contribution in [-0.2, 0) is 4.79 Å². The highest BCUT2D eigenvalue weighted by Crippen LogP contribution is 2.66. The Balaban J connectivity index is 1.50.